The Balaban J connectivity index is 1.64. The third-order valence-electron chi connectivity index (χ3n) is 3.87. The normalized spacial score (nSPS) is 11.0. The number of hydrogen-bond donors (Lipinski definition) is 1. The number of rotatable bonds is 5. The molecule has 1 N–H and O–H groups in total. The molecular formula is C17H19N3O2. The van der Waals surface area contributed by atoms with Crippen molar-refractivity contribution in [2.24, 2.45) is 0 Å². The zero-order chi connectivity index (χ0) is 15.5. The highest BCUT2D eigenvalue weighted by Crippen LogP contribution is 2.23. The number of aromatic amines is 1. The average molecular weight is 297 g/mol. The van der Waals surface area contributed by atoms with Gasteiger partial charge in [-0.25, -0.2) is 0 Å². The second-order valence-corrected chi connectivity index (χ2v) is 5.61. The van der Waals surface area contributed by atoms with Crippen LogP contribution in [0.4, 0.5) is 0 Å². The second kappa shape index (κ2) is 6.05. The summed E-state index contributed by atoms with van der Waals surface area (Å²) in [6.45, 7) is 2.70. The Labute approximate surface area is 128 Å². The first-order valence-electron chi connectivity index (χ1n) is 7.32. The number of nitrogens with zero attached hydrogens (tertiary/aromatic N) is 2. The first-order valence-corrected chi connectivity index (χ1v) is 7.32. The molecule has 22 heavy (non-hydrogen) atoms. The second-order valence-electron chi connectivity index (χ2n) is 5.61. The number of nitrogens with one attached hydrogen (secondary N) is 1. The monoisotopic (exact) mass is 297 g/mol. The number of H-pyrrole nitrogens is 1. The maximum atomic E-state index is 12.3. The van der Waals surface area contributed by atoms with Crippen molar-refractivity contribution in [1.82, 2.24) is 15.1 Å². The Bertz CT molecular complexity index is 774. The van der Waals surface area contributed by atoms with E-state index in [4.69, 9.17) is 4.42 Å². The molecule has 0 atom stereocenters. The van der Waals surface area contributed by atoms with Crippen molar-refractivity contribution >= 4 is 16.9 Å². The van der Waals surface area contributed by atoms with Gasteiger partial charge in [-0.15, -0.1) is 0 Å². The fourth-order valence-electron chi connectivity index (χ4n) is 2.46. The van der Waals surface area contributed by atoms with Crippen LogP contribution in [-0.4, -0.2) is 34.6 Å². The van der Waals surface area contributed by atoms with E-state index in [1.807, 2.05) is 38.4 Å². The molecule has 2 aromatic heterocycles. The third kappa shape index (κ3) is 3.03. The predicted octanol–water partition coefficient (Wildman–Crippen LogP) is 2.71. The molecule has 5 nitrogen and oxygen atoms in total. The molecule has 0 radical (unpaired) electrons. The molecule has 114 valence electrons. The van der Waals surface area contributed by atoms with Gasteiger partial charge in [-0.05, 0) is 30.5 Å². The van der Waals surface area contributed by atoms with E-state index in [9.17, 15) is 4.79 Å². The van der Waals surface area contributed by atoms with Gasteiger partial charge >= 0.3 is 0 Å². The number of benzene rings is 1. The van der Waals surface area contributed by atoms with Crippen molar-refractivity contribution in [2.75, 3.05) is 13.6 Å². The topological polar surface area (TPSA) is 62.1 Å². The van der Waals surface area contributed by atoms with Crippen LogP contribution in [0, 0.1) is 6.92 Å². The molecular weight excluding hydrogens is 278 g/mol. The van der Waals surface area contributed by atoms with Gasteiger partial charge in [0.2, 0.25) is 5.91 Å². The van der Waals surface area contributed by atoms with Crippen molar-refractivity contribution in [3.05, 3.63) is 53.5 Å². The number of carbonyl (C=O) groups excluding carboxylic acids is 1. The van der Waals surface area contributed by atoms with Gasteiger partial charge in [-0.1, -0.05) is 12.1 Å². The minimum absolute atomic E-state index is 0.0896. The summed E-state index contributed by atoms with van der Waals surface area (Å²) >= 11 is 0. The quantitative estimate of drug-likeness (QED) is 0.787. The number of hydrogen-bond acceptors (Lipinski definition) is 3. The maximum absolute atomic E-state index is 12.3. The zero-order valence-electron chi connectivity index (χ0n) is 12.8. The van der Waals surface area contributed by atoms with E-state index in [2.05, 4.69) is 10.2 Å². The molecule has 2 heterocycles. The highest BCUT2D eigenvalue weighted by atomic mass is 16.3. The molecule has 0 aliphatic rings. The van der Waals surface area contributed by atoms with E-state index in [1.165, 1.54) is 0 Å². The van der Waals surface area contributed by atoms with Crippen molar-refractivity contribution < 1.29 is 9.21 Å². The van der Waals surface area contributed by atoms with Gasteiger partial charge in [0.15, 0.2) is 0 Å². The van der Waals surface area contributed by atoms with Gasteiger partial charge in [0, 0.05) is 30.7 Å². The number of aromatic nitrogens is 2. The zero-order valence-corrected chi connectivity index (χ0v) is 12.8. The summed E-state index contributed by atoms with van der Waals surface area (Å²) < 4.78 is 5.55. The lowest BCUT2D eigenvalue weighted by molar-refractivity contribution is -0.129. The molecule has 0 bridgehead atoms. The average Bonchev–Trinajstić information content (AvgIpc) is 3.14. The Morgan fingerprint density at radius 1 is 1.41 bits per heavy atom. The molecule has 3 aromatic rings. The first-order chi connectivity index (χ1) is 10.6. The lowest BCUT2D eigenvalue weighted by Gasteiger charge is -2.16. The number of amides is 1. The van der Waals surface area contributed by atoms with Crippen LogP contribution in [0.15, 0.2) is 41.3 Å². The molecule has 1 aromatic carbocycles. The first kappa shape index (κ1) is 14.4. The molecule has 0 saturated carbocycles. The third-order valence-corrected chi connectivity index (χ3v) is 3.87. The van der Waals surface area contributed by atoms with E-state index in [1.54, 1.807) is 17.4 Å². The number of furan rings is 1. The van der Waals surface area contributed by atoms with E-state index in [0.717, 1.165) is 34.1 Å². The van der Waals surface area contributed by atoms with E-state index < -0.39 is 0 Å². The van der Waals surface area contributed by atoms with Crippen molar-refractivity contribution in [1.29, 1.82) is 0 Å². The van der Waals surface area contributed by atoms with Gasteiger partial charge in [0.1, 0.15) is 5.58 Å². The Hall–Kier alpha value is -2.56. The lowest BCUT2D eigenvalue weighted by atomic mass is 10.1. The SMILES string of the molecule is Cc1ccc2c(CC(=O)N(C)CCc3cn[nH]c3)coc2c1. The van der Waals surface area contributed by atoms with Crippen LogP contribution in [-0.2, 0) is 17.6 Å². The Morgan fingerprint density at radius 2 is 2.27 bits per heavy atom. The van der Waals surface area contributed by atoms with Gasteiger partial charge in [-0.3, -0.25) is 9.89 Å². The summed E-state index contributed by atoms with van der Waals surface area (Å²) in [4.78, 5) is 14.1. The van der Waals surface area contributed by atoms with Gasteiger partial charge in [0.05, 0.1) is 18.9 Å². The van der Waals surface area contributed by atoms with Gasteiger partial charge < -0.3 is 9.32 Å². The lowest BCUT2D eigenvalue weighted by Crippen LogP contribution is -2.30. The summed E-state index contributed by atoms with van der Waals surface area (Å²) in [5, 5.41) is 7.70. The molecule has 5 heteroatoms. The molecule has 0 spiro atoms. The number of carbonyl (C=O) groups is 1. The minimum Gasteiger partial charge on any atom is -0.464 e. The number of fused-ring (bicyclic) bond motifs is 1. The van der Waals surface area contributed by atoms with Gasteiger partial charge in [0.25, 0.3) is 0 Å². The molecule has 0 fully saturated rings. The van der Waals surface area contributed by atoms with Crippen LogP contribution in [0.25, 0.3) is 11.0 Å². The molecule has 1 amide bonds. The fourth-order valence-corrected chi connectivity index (χ4v) is 2.46. The van der Waals surface area contributed by atoms with Crippen molar-refractivity contribution in [3.63, 3.8) is 0 Å². The van der Waals surface area contributed by atoms with Crippen LogP contribution >= 0.6 is 0 Å². The van der Waals surface area contributed by atoms with Crippen LogP contribution in [0.5, 0.6) is 0 Å². The van der Waals surface area contributed by atoms with Crippen LogP contribution in [0.1, 0.15) is 16.7 Å². The van der Waals surface area contributed by atoms with Crippen LogP contribution in [0.2, 0.25) is 0 Å². The van der Waals surface area contributed by atoms with Gasteiger partial charge in [-0.2, -0.15) is 5.10 Å². The highest BCUT2D eigenvalue weighted by Gasteiger charge is 2.14. The largest absolute Gasteiger partial charge is 0.464 e. The molecule has 0 unspecified atom stereocenters. The van der Waals surface area contributed by atoms with Crippen molar-refractivity contribution in [2.45, 2.75) is 19.8 Å². The summed E-state index contributed by atoms with van der Waals surface area (Å²) in [5.41, 5.74) is 4.03. The van der Waals surface area contributed by atoms with Crippen molar-refractivity contribution in [3.8, 4) is 0 Å². The van der Waals surface area contributed by atoms with E-state index >= 15 is 0 Å². The van der Waals surface area contributed by atoms with E-state index in [0.29, 0.717) is 13.0 Å². The smallest absolute Gasteiger partial charge is 0.226 e. The predicted molar refractivity (Wildman–Crippen MR) is 84.6 cm³/mol. The summed E-state index contributed by atoms with van der Waals surface area (Å²) in [5.74, 6) is 0.0896. The van der Waals surface area contributed by atoms with Crippen LogP contribution in [0.3, 0.4) is 0 Å². The fraction of sp³-hybridized carbons (Fsp3) is 0.294. The molecule has 0 saturated heterocycles. The number of likely N-dealkylation sites (N-methyl/N-ethyl adjacent to an activating group) is 1. The Kier molecular flexibility index (Phi) is 3.96. The van der Waals surface area contributed by atoms with E-state index in [-0.39, 0.29) is 5.91 Å². The summed E-state index contributed by atoms with van der Waals surface area (Å²) in [7, 11) is 1.83. The summed E-state index contributed by atoms with van der Waals surface area (Å²) in [6.07, 6.45) is 6.47. The summed E-state index contributed by atoms with van der Waals surface area (Å²) in [6, 6.07) is 6.04. The number of aryl methyl sites for hydroxylation is 1. The molecule has 0 aliphatic carbocycles. The minimum atomic E-state index is 0.0896. The maximum Gasteiger partial charge on any atom is 0.226 e. The molecule has 3 rings (SSSR count). The molecule has 0 aliphatic heterocycles. The highest BCUT2D eigenvalue weighted by molar-refractivity contribution is 5.87. The standard InChI is InChI=1S/C17H19N3O2/c1-12-3-4-15-14(11-22-16(15)7-12)8-17(21)20(2)6-5-13-9-18-19-10-13/h3-4,7,9-11H,5-6,8H2,1-2H3,(H,18,19). The Morgan fingerprint density at radius 3 is 3.05 bits per heavy atom. The van der Waals surface area contributed by atoms with Crippen LogP contribution < -0.4 is 0 Å².